The Bertz CT molecular complexity index is 598. The van der Waals surface area contributed by atoms with E-state index in [1.165, 1.54) is 11.5 Å². The summed E-state index contributed by atoms with van der Waals surface area (Å²) in [6, 6.07) is 7.07. The standard InChI is InChI=1S/C13H16N4O2S2/c1-2-11-15-13(21-17-11)20-8-7-19-10-5-3-9(4-6-10)12(14)16-18/h3-6,18H,2,7-8H2,1H3,(H2,14,16). The topological polar surface area (TPSA) is 93.6 Å². The third-order valence-electron chi connectivity index (χ3n) is 2.60. The van der Waals surface area contributed by atoms with Gasteiger partial charge in [-0.3, -0.25) is 0 Å². The average molecular weight is 324 g/mol. The SMILES string of the molecule is CCc1nsc(SCCOc2ccc(/C(N)=N/O)cc2)n1. The molecule has 0 atom stereocenters. The molecule has 0 aliphatic rings. The van der Waals surface area contributed by atoms with Crippen molar-refractivity contribution in [3.05, 3.63) is 35.7 Å². The molecule has 0 saturated carbocycles. The van der Waals surface area contributed by atoms with Crippen molar-refractivity contribution in [2.75, 3.05) is 12.4 Å². The molecule has 0 aliphatic carbocycles. The Kier molecular flexibility index (Phi) is 5.82. The van der Waals surface area contributed by atoms with Crippen molar-refractivity contribution in [2.24, 2.45) is 10.9 Å². The lowest BCUT2D eigenvalue weighted by atomic mass is 10.2. The number of aromatic nitrogens is 2. The Labute approximate surface area is 131 Å². The normalized spacial score (nSPS) is 11.6. The predicted octanol–water partition coefficient (Wildman–Crippen LogP) is 2.37. The van der Waals surface area contributed by atoms with Crippen LogP contribution >= 0.6 is 23.3 Å². The fraction of sp³-hybridized carbons (Fsp3) is 0.308. The van der Waals surface area contributed by atoms with Crippen LogP contribution in [0.2, 0.25) is 0 Å². The maximum absolute atomic E-state index is 8.58. The Balaban J connectivity index is 1.75. The lowest BCUT2D eigenvalue weighted by Gasteiger charge is -2.06. The number of amidine groups is 1. The van der Waals surface area contributed by atoms with Crippen LogP contribution in [-0.4, -0.2) is 32.8 Å². The van der Waals surface area contributed by atoms with E-state index in [4.69, 9.17) is 15.7 Å². The van der Waals surface area contributed by atoms with Gasteiger partial charge in [0.2, 0.25) is 0 Å². The maximum atomic E-state index is 8.58. The minimum Gasteiger partial charge on any atom is -0.493 e. The van der Waals surface area contributed by atoms with E-state index >= 15 is 0 Å². The Morgan fingerprint density at radius 2 is 2.19 bits per heavy atom. The molecular formula is C13H16N4O2S2. The third-order valence-corrected chi connectivity index (χ3v) is 4.44. The number of thioether (sulfide) groups is 1. The van der Waals surface area contributed by atoms with E-state index in [1.807, 2.05) is 6.92 Å². The molecular weight excluding hydrogens is 308 g/mol. The van der Waals surface area contributed by atoms with Gasteiger partial charge in [0, 0.05) is 17.7 Å². The van der Waals surface area contributed by atoms with E-state index in [1.54, 1.807) is 36.0 Å². The summed E-state index contributed by atoms with van der Waals surface area (Å²) in [6.07, 6.45) is 0.861. The highest BCUT2D eigenvalue weighted by molar-refractivity contribution is 8.00. The second kappa shape index (κ2) is 7.84. The lowest BCUT2D eigenvalue weighted by Crippen LogP contribution is -2.12. The summed E-state index contributed by atoms with van der Waals surface area (Å²) in [7, 11) is 0. The van der Waals surface area contributed by atoms with Crippen LogP contribution in [0.5, 0.6) is 5.75 Å². The molecule has 0 saturated heterocycles. The van der Waals surface area contributed by atoms with Gasteiger partial charge in [-0.2, -0.15) is 4.37 Å². The molecule has 2 aromatic rings. The first-order valence-electron chi connectivity index (χ1n) is 6.39. The van der Waals surface area contributed by atoms with Crippen molar-refractivity contribution in [3.63, 3.8) is 0 Å². The molecule has 1 aromatic carbocycles. The molecule has 2 rings (SSSR count). The number of oxime groups is 1. The number of rotatable bonds is 7. The summed E-state index contributed by atoms with van der Waals surface area (Å²) in [6.45, 7) is 2.62. The van der Waals surface area contributed by atoms with E-state index in [0.717, 1.165) is 28.1 Å². The quantitative estimate of drug-likeness (QED) is 0.203. The van der Waals surface area contributed by atoms with Crippen molar-refractivity contribution < 1.29 is 9.94 Å². The maximum Gasteiger partial charge on any atom is 0.170 e. The molecule has 21 heavy (non-hydrogen) atoms. The van der Waals surface area contributed by atoms with Crippen LogP contribution in [-0.2, 0) is 6.42 Å². The van der Waals surface area contributed by atoms with Crippen molar-refractivity contribution >= 4 is 29.1 Å². The molecule has 0 radical (unpaired) electrons. The predicted molar refractivity (Wildman–Crippen MR) is 84.5 cm³/mol. The first-order chi connectivity index (χ1) is 10.2. The smallest absolute Gasteiger partial charge is 0.170 e. The molecule has 112 valence electrons. The molecule has 0 unspecified atom stereocenters. The summed E-state index contributed by atoms with van der Waals surface area (Å²) >= 11 is 3.06. The second-order valence-electron chi connectivity index (χ2n) is 4.04. The number of aryl methyl sites for hydroxylation is 1. The van der Waals surface area contributed by atoms with E-state index in [-0.39, 0.29) is 5.84 Å². The number of ether oxygens (including phenoxy) is 1. The third kappa shape index (κ3) is 4.61. The Morgan fingerprint density at radius 1 is 1.43 bits per heavy atom. The Morgan fingerprint density at radius 3 is 2.81 bits per heavy atom. The number of nitrogens with zero attached hydrogens (tertiary/aromatic N) is 3. The van der Waals surface area contributed by atoms with Crippen LogP contribution in [0, 0.1) is 0 Å². The summed E-state index contributed by atoms with van der Waals surface area (Å²) in [5.41, 5.74) is 6.14. The fourth-order valence-electron chi connectivity index (χ4n) is 1.51. The van der Waals surface area contributed by atoms with Gasteiger partial charge < -0.3 is 15.7 Å². The Hall–Kier alpha value is -1.80. The first-order valence-corrected chi connectivity index (χ1v) is 8.15. The molecule has 0 fully saturated rings. The molecule has 6 nitrogen and oxygen atoms in total. The van der Waals surface area contributed by atoms with Gasteiger partial charge in [0.1, 0.15) is 11.6 Å². The van der Waals surface area contributed by atoms with E-state index in [9.17, 15) is 0 Å². The van der Waals surface area contributed by atoms with Gasteiger partial charge in [-0.15, -0.1) is 0 Å². The van der Waals surface area contributed by atoms with Crippen LogP contribution in [0.1, 0.15) is 18.3 Å². The zero-order valence-electron chi connectivity index (χ0n) is 11.5. The monoisotopic (exact) mass is 324 g/mol. The number of nitrogens with two attached hydrogens (primary N) is 1. The van der Waals surface area contributed by atoms with Crippen LogP contribution in [0.25, 0.3) is 0 Å². The molecule has 3 N–H and O–H groups in total. The molecule has 0 spiro atoms. The molecule has 0 aliphatic heterocycles. The number of hydrogen-bond donors (Lipinski definition) is 2. The molecule has 1 heterocycles. The molecule has 0 amide bonds. The van der Waals surface area contributed by atoms with Crippen LogP contribution in [0.15, 0.2) is 33.8 Å². The van der Waals surface area contributed by atoms with Gasteiger partial charge in [0.15, 0.2) is 10.2 Å². The lowest BCUT2D eigenvalue weighted by molar-refractivity contribution is 0.318. The summed E-state index contributed by atoms with van der Waals surface area (Å²) in [5, 5.41) is 11.5. The second-order valence-corrected chi connectivity index (χ2v) is 6.13. The van der Waals surface area contributed by atoms with Gasteiger partial charge >= 0.3 is 0 Å². The van der Waals surface area contributed by atoms with Crippen molar-refractivity contribution in [1.29, 1.82) is 0 Å². The minimum absolute atomic E-state index is 0.0834. The van der Waals surface area contributed by atoms with Crippen molar-refractivity contribution in [2.45, 2.75) is 17.7 Å². The largest absolute Gasteiger partial charge is 0.493 e. The van der Waals surface area contributed by atoms with E-state index in [0.29, 0.717) is 12.2 Å². The zero-order valence-corrected chi connectivity index (χ0v) is 13.2. The van der Waals surface area contributed by atoms with E-state index < -0.39 is 0 Å². The fourth-order valence-corrected chi connectivity index (χ4v) is 3.09. The van der Waals surface area contributed by atoms with E-state index in [2.05, 4.69) is 14.5 Å². The van der Waals surface area contributed by atoms with Crippen LogP contribution in [0.4, 0.5) is 0 Å². The first kappa shape index (κ1) is 15.6. The highest BCUT2D eigenvalue weighted by Gasteiger charge is 2.03. The summed E-state index contributed by atoms with van der Waals surface area (Å²) < 4.78 is 10.8. The highest BCUT2D eigenvalue weighted by atomic mass is 32.2. The van der Waals surface area contributed by atoms with Crippen LogP contribution in [0.3, 0.4) is 0 Å². The van der Waals surface area contributed by atoms with Gasteiger partial charge in [-0.25, -0.2) is 4.98 Å². The average Bonchev–Trinajstić information content (AvgIpc) is 2.99. The minimum atomic E-state index is 0.0834. The van der Waals surface area contributed by atoms with Crippen LogP contribution < -0.4 is 10.5 Å². The van der Waals surface area contributed by atoms with Gasteiger partial charge in [-0.05, 0) is 35.8 Å². The van der Waals surface area contributed by atoms with Crippen molar-refractivity contribution in [3.8, 4) is 5.75 Å². The summed E-state index contributed by atoms with van der Waals surface area (Å²) in [5.74, 6) is 2.53. The highest BCUT2D eigenvalue weighted by Crippen LogP contribution is 2.20. The zero-order chi connectivity index (χ0) is 15.1. The van der Waals surface area contributed by atoms with Gasteiger partial charge in [-0.1, -0.05) is 23.8 Å². The number of hydrogen-bond acceptors (Lipinski definition) is 7. The van der Waals surface area contributed by atoms with Crippen molar-refractivity contribution in [1.82, 2.24) is 9.36 Å². The number of benzene rings is 1. The molecule has 8 heteroatoms. The van der Waals surface area contributed by atoms with Gasteiger partial charge in [0.25, 0.3) is 0 Å². The van der Waals surface area contributed by atoms with Gasteiger partial charge in [0.05, 0.1) is 6.61 Å². The summed E-state index contributed by atoms with van der Waals surface area (Å²) in [4.78, 5) is 4.38. The molecule has 1 aromatic heterocycles. The molecule has 0 bridgehead atoms.